The van der Waals surface area contributed by atoms with Gasteiger partial charge in [-0.3, -0.25) is 0 Å². The Balaban J connectivity index is 2.51. The van der Waals surface area contributed by atoms with Crippen molar-refractivity contribution in [3.05, 3.63) is 18.3 Å². The van der Waals surface area contributed by atoms with Crippen molar-refractivity contribution in [1.29, 1.82) is 0 Å². The number of nitrogens with zero attached hydrogens (tertiary/aromatic N) is 4. The number of nitrogen functional groups attached to an aromatic ring is 1. The van der Waals surface area contributed by atoms with Gasteiger partial charge in [0.15, 0.2) is 0 Å². The zero-order chi connectivity index (χ0) is 13.3. The molecular formula is C13H21N5. The van der Waals surface area contributed by atoms with E-state index < -0.39 is 0 Å². The molecule has 0 unspecified atom stereocenters. The number of aromatic nitrogens is 4. The third kappa shape index (κ3) is 2.00. The molecule has 0 atom stereocenters. The molecule has 5 heteroatoms. The monoisotopic (exact) mass is 247 g/mol. The summed E-state index contributed by atoms with van der Waals surface area (Å²) in [6, 6.07) is 0.346. The topological polar surface area (TPSA) is 61.7 Å². The molecule has 0 fully saturated rings. The first-order chi connectivity index (χ1) is 8.56. The fourth-order valence-electron chi connectivity index (χ4n) is 2.18. The maximum Gasteiger partial charge on any atom is 0.133 e. The predicted molar refractivity (Wildman–Crippen MR) is 73.3 cm³/mol. The van der Waals surface area contributed by atoms with E-state index in [0.717, 1.165) is 36.0 Å². The second-order valence-electron chi connectivity index (χ2n) is 4.82. The number of anilines is 1. The summed E-state index contributed by atoms with van der Waals surface area (Å²) < 4.78 is 4.15. The molecule has 0 aliphatic rings. The largest absolute Gasteiger partial charge is 0.383 e. The summed E-state index contributed by atoms with van der Waals surface area (Å²) in [5, 5.41) is 0. The zero-order valence-electron chi connectivity index (χ0n) is 11.5. The molecule has 0 saturated carbocycles. The van der Waals surface area contributed by atoms with Crippen molar-refractivity contribution in [1.82, 2.24) is 19.1 Å². The van der Waals surface area contributed by atoms with Crippen LogP contribution in [0.3, 0.4) is 0 Å². The standard InChI is InChI=1S/C13H21N5/c1-5-6-17-10(4)16-12(13(17)14)11-7-15-8-18(11)9(2)3/h7-9H,5-6,14H2,1-4H3. The molecule has 0 radical (unpaired) electrons. The van der Waals surface area contributed by atoms with E-state index in [1.807, 2.05) is 19.4 Å². The molecule has 0 aromatic carbocycles. The van der Waals surface area contributed by atoms with Crippen LogP contribution in [0.15, 0.2) is 12.5 Å². The van der Waals surface area contributed by atoms with Gasteiger partial charge in [-0.2, -0.15) is 0 Å². The van der Waals surface area contributed by atoms with Gasteiger partial charge in [0.05, 0.1) is 18.2 Å². The Bertz CT molecular complexity index is 536. The van der Waals surface area contributed by atoms with Crippen LogP contribution >= 0.6 is 0 Å². The van der Waals surface area contributed by atoms with Gasteiger partial charge in [0.2, 0.25) is 0 Å². The molecule has 0 aliphatic heterocycles. The van der Waals surface area contributed by atoms with Crippen LogP contribution in [0, 0.1) is 6.92 Å². The van der Waals surface area contributed by atoms with Gasteiger partial charge in [-0.1, -0.05) is 6.92 Å². The number of imidazole rings is 2. The van der Waals surface area contributed by atoms with Crippen molar-refractivity contribution in [2.45, 2.75) is 46.7 Å². The maximum absolute atomic E-state index is 6.21. The highest BCUT2D eigenvalue weighted by Gasteiger charge is 2.17. The third-order valence-corrected chi connectivity index (χ3v) is 3.11. The molecule has 2 rings (SSSR count). The lowest BCUT2D eigenvalue weighted by Gasteiger charge is -2.11. The minimum Gasteiger partial charge on any atom is -0.383 e. The predicted octanol–water partition coefficient (Wildman–Crippen LogP) is 2.63. The van der Waals surface area contributed by atoms with E-state index >= 15 is 0 Å². The lowest BCUT2D eigenvalue weighted by atomic mass is 10.3. The smallest absolute Gasteiger partial charge is 0.133 e. The van der Waals surface area contributed by atoms with Crippen molar-refractivity contribution in [3.63, 3.8) is 0 Å². The lowest BCUT2D eigenvalue weighted by molar-refractivity contribution is 0.604. The lowest BCUT2D eigenvalue weighted by Crippen LogP contribution is -2.05. The number of rotatable bonds is 4. The van der Waals surface area contributed by atoms with E-state index in [2.05, 4.69) is 39.9 Å². The average molecular weight is 247 g/mol. The normalized spacial score (nSPS) is 11.4. The van der Waals surface area contributed by atoms with E-state index in [1.54, 1.807) is 0 Å². The molecular weight excluding hydrogens is 226 g/mol. The molecule has 2 aromatic heterocycles. The van der Waals surface area contributed by atoms with Crippen LogP contribution in [-0.4, -0.2) is 19.1 Å². The quantitative estimate of drug-likeness (QED) is 0.903. The Hall–Kier alpha value is -1.78. The number of aryl methyl sites for hydroxylation is 1. The highest BCUT2D eigenvalue weighted by molar-refractivity contribution is 5.68. The first-order valence-corrected chi connectivity index (χ1v) is 6.41. The van der Waals surface area contributed by atoms with Gasteiger partial charge in [-0.15, -0.1) is 0 Å². The van der Waals surface area contributed by atoms with Gasteiger partial charge in [0, 0.05) is 12.6 Å². The number of hydrogen-bond donors (Lipinski definition) is 1. The van der Waals surface area contributed by atoms with Gasteiger partial charge in [0.1, 0.15) is 17.3 Å². The minimum absolute atomic E-state index is 0.346. The Kier molecular flexibility index (Phi) is 3.41. The van der Waals surface area contributed by atoms with E-state index in [9.17, 15) is 0 Å². The summed E-state index contributed by atoms with van der Waals surface area (Å²) in [7, 11) is 0. The summed E-state index contributed by atoms with van der Waals surface area (Å²) in [5.41, 5.74) is 8.04. The Morgan fingerprint density at radius 3 is 2.72 bits per heavy atom. The molecule has 0 aliphatic carbocycles. The zero-order valence-corrected chi connectivity index (χ0v) is 11.5. The van der Waals surface area contributed by atoms with E-state index in [1.165, 1.54) is 0 Å². The highest BCUT2D eigenvalue weighted by Crippen LogP contribution is 2.28. The SMILES string of the molecule is CCCn1c(C)nc(-c2cncn2C(C)C)c1N. The van der Waals surface area contributed by atoms with Crippen molar-refractivity contribution in [2.75, 3.05) is 5.73 Å². The molecule has 0 saturated heterocycles. The number of hydrogen-bond acceptors (Lipinski definition) is 3. The molecule has 0 bridgehead atoms. The Morgan fingerprint density at radius 1 is 1.39 bits per heavy atom. The summed E-state index contributed by atoms with van der Waals surface area (Å²) >= 11 is 0. The van der Waals surface area contributed by atoms with Crippen LogP contribution in [0.25, 0.3) is 11.4 Å². The van der Waals surface area contributed by atoms with Gasteiger partial charge >= 0.3 is 0 Å². The molecule has 2 heterocycles. The molecule has 0 amide bonds. The molecule has 2 aromatic rings. The molecule has 18 heavy (non-hydrogen) atoms. The fourth-order valence-corrected chi connectivity index (χ4v) is 2.18. The summed E-state index contributed by atoms with van der Waals surface area (Å²) in [6.07, 6.45) is 4.70. The second-order valence-corrected chi connectivity index (χ2v) is 4.82. The molecule has 98 valence electrons. The maximum atomic E-state index is 6.21. The highest BCUT2D eigenvalue weighted by atomic mass is 15.2. The van der Waals surface area contributed by atoms with Gasteiger partial charge in [0.25, 0.3) is 0 Å². The van der Waals surface area contributed by atoms with Crippen molar-refractivity contribution in [2.24, 2.45) is 0 Å². The molecule has 5 nitrogen and oxygen atoms in total. The molecule has 2 N–H and O–H groups in total. The first kappa shape index (κ1) is 12.7. The summed E-state index contributed by atoms with van der Waals surface area (Å²) in [4.78, 5) is 8.80. The van der Waals surface area contributed by atoms with Gasteiger partial charge < -0.3 is 14.9 Å². The van der Waals surface area contributed by atoms with Crippen LogP contribution in [0.2, 0.25) is 0 Å². The number of nitrogens with two attached hydrogens (primary N) is 1. The Labute approximate surface area is 108 Å². The van der Waals surface area contributed by atoms with Gasteiger partial charge in [-0.25, -0.2) is 9.97 Å². The van der Waals surface area contributed by atoms with E-state index in [-0.39, 0.29) is 0 Å². The van der Waals surface area contributed by atoms with E-state index in [0.29, 0.717) is 6.04 Å². The average Bonchev–Trinajstić information content (AvgIpc) is 2.89. The summed E-state index contributed by atoms with van der Waals surface area (Å²) in [5.74, 6) is 1.69. The molecule has 0 spiro atoms. The second kappa shape index (κ2) is 4.84. The van der Waals surface area contributed by atoms with Crippen LogP contribution in [0.1, 0.15) is 39.1 Å². The van der Waals surface area contributed by atoms with Crippen LogP contribution < -0.4 is 5.73 Å². The summed E-state index contributed by atoms with van der Waals surface area (Å²) in [6.45, 7) is 9.28. The van der Waals surface area contributed by atoms with Crippen LogP contribution in [0.5, 0.6) is 0 Å². The van der Waals surface area contributed by atoms with Crippen molar-refractivity contribution in [3.8, 4) is 11.4 Å². The first-order valence-electron chi connectivity index (χ1n) is 6.41. The van der Waals surface area contributed by atoms with Crippen LogP contribution in [-0.2, 0) is 6.54 Å². The third-order valence-electron chi connectivity index (χ3n) is 3.11. The van der Waals surface area contributed by atoms with E-state index in [4.69, 9.17) is 5.73 Å². The van der Waals surface area contributed by atoms with Crippen molar-refractivity contribution < 1.29 is 0 Å². The fraction of sp³-hybridized carbons (Fsp3) is 0.538. The minimum atomic E-state index is 0.346. The Morgan fingerprint density at radius 2 is 2.11 bits per heavy atom. The van der Waals surface area contributed by atoms with Crippen molar-refractivity contribution >= 4 is 5.82 Å². The van der Waals surface area contributed by atoms with Gasteiger partial charge in [-0.05, 0) is 27.2 Å². The van der Waals surface area contributed by atoms with Crippen LogP contribution in [0.4, 0.5) is 5.82 Å².